The van der Waals surface area contributed by atoms with Crippen LogP contribution in [0.15, 0.2) is 12.4 Å². The Bertz CT molecular complexity index is 649. The summed E-state index contributed by atoms with van der Waals surface area (Å²) in [5, 5.41) is 12.5. The van der Waals surface area contributed by atoms with Gasteiger partial charge in [0.25, 0.3) is 0 Å². The van der Waals surface area contributed by atoms with Crippen LogP contribution in [0.3, 0.4) is 0 Å². The van der Waals surface area contributed by atoms with Gasteiger partial charge in [-0.05, 0) is 6.42 Å². The standard InChI is InChI=1S/C12H12F3N3O2/c1-2-3-4-18-10-7(6-17-18)9(12(13,14)15)8(5-16-10)11(19)20/h5-6H,2-4H2,1H3,(H,19,20). The molecule has 0 spiro atoms. The van der Waals surface area contributed by atoms with Crippen molar-refractivity contribution in [3.8, 4) is 0 Å². The quantitative estimate of drug-likeness (QED) is 0.938. The second kappa shape index (κ2) is 5.10. The highest BCUT2D eigenvalue weighted by Crippen LogP contribution is 2.36. The van der Waals surface area contributed by atoms with Crippen molar-refractivity contribution in [2.75, 3.05) is 0 Å². The van der Waals surface area contributed by atoms with Crippen LogP contribution in [-0.2, 0) is 12.7 Å². The number of carboxylic acid groups (broad SMARTS) is 1. The van der Waals surface area contributed by atoms with Gasteiger partial charge in [-0.1, -0.05) is 13.3 Å². The van der Waals surface area contributed by atoms with Crippen LogP contribution in [0.2, 0.25) is 0 Å². The van der Waals surface area contributed by atoms with Gasteiger partial charge in [-0.25, -0.2) is 14.5 Å². The van der Waals surface area contributed by atoms with Gasteiger partial charge >= 0.3 is 12.1 Å². The number of aryl methyl sites for hydroxylation is 1. The van der Waals surface area contributed by atoms with Gasteiger partial charge in [-0.2, -0.15) is 18.3 Å². The Morgan fingerprint density at radius 1 is 1.40 bits per heavy atom. The zero-order chi connectivity index (χ0) is 14.9. The molecule has 2 rings (SSSR count). The van der Waals surface area contributed by atoms with Crippen LogP contribution < -0.4 is 0 Å². The molecule has 0 atom stereocenters. The van der Waals surface area contributed by atoms with E-state index in [2.05, 4.69) is 10.1 Å². The van der Waals surface area contributed by atoms with Gasteiger partial charge in [0.2, 0.25) is 0 Å². The van der Waals surface area contributed by atoms with Crippen molar-refractivity contribution in [1.82, 2.24) is 14.8 Å². The molecular weight excluding hydrogens is 275 g/mol. The average molecular weight is 287 g/mol. The van der Waals surface area contributed by atoms with E-state index in [9.17, 15) is 18.0 Å². The number of carbonyl (C=O) groups is 1. The Morgan fingerprint density at radius 3 is 2.65 bits per heavy atom. The highest BCUT2D eigenvalue weighted by atomic mass is 19.4. The van der Waals surface area contributed by atoms with Crippen molar-refractivity contribution >= 4 is 17.0 Å². The second-order valence-corrected chi connectivity index (χ2v) is 4.31. The van der Waals surface area contributed by atoms with E-state index in [1.807, 2.05) is 6.92 Å². The first-order valence-corrected chi connectivity index (χ1v) is 6.01. The van der Waals surface area contributed by atoms with E-state index in [1.54, 1.807) is 0 Å². The predicted octanol–water partition coefficient (Wildman–Crippen LogP) is 2.95. The van der Waals surface area contributed by atoms with Gasteiger partial charge in [-0.3, -0.25) is 0 Å². The number of carboxylic acids is 1. The summed E-state index contributed by atoms with van der Waals surface area (Å²) in [7, 11) is 0. The molecule has 0 amide bonds. The molecule has 1 N–H and O–H groups in total. The Kier molecular flexibility index (Phi) is 3.65. The maximum atomic E-state index is 13.1. The van der Waals surface area contributed by atoms with Gasteiger partial charge in [-0.15, -0.1) is 0 Å². The van der Waals surface area contributed by atoms with Crippen molar-refractivity contribution in [3.63, 3.8) is 0 Å². The van der Waals surface area contributed by atoms with E-state index in [1.165, 1.54) is 4.68 Å². The number of hydrogen-bond donors (Lipinski definition) is 1. The van der Waals surface area contributed by atoms with E-state index >= 15 is 0 Å². The summed E-state index contributed by atoms with van der Waals surface area (Å²) in [5.74, 6) is -1.66. The monoisotopic (exact) mass is 287 g/mol. The first-order chi connectivity index (χ1) is 9.36. The van der Waals surface area contributed by atoms with Gasteiger partial charge in [0.15, 0.2) is 5.65 Å². The first kappa shape index (κ1) is 14.3. The normalized spacial score (nSPS) is 12.0. The summed E-state index contributed by atoms with van der Waals surface area (Å²) in [6.45, 7) is 2.39. The molecule has 20 heavy (non-hydrogen) atoms. The maximum absolute atomic E-state index is 13.1. The van der Waals surface area contributed by atoms with Crippen molar-refractivity contribution in [2.45, 2.75) is 32.5 Å². The molecule has 2 aromatic heterocycles. The van der Waals surface area contributed by atoms with E-state index in [-0.39, 0.29) is 11.0 Å². The predicted molar refractivity (Wildman–Crippen MR) is 64.4 cm³/mol. The number of rotatable bonds is 4. The number of aromatic nitrogens is 3. The van der Waals surface area contributed by atoms with Crippen LogP contribution in [-0.4, -0.2) is 25.8 Å². The molecule has 0 bridgehead atoms. The highest BCUT2D eigenvalue weighted by molar-refractivity contribution is 5.95. The number of halogens is 3. The van der Waals surface area contributed by atoms with Crippen LogP contribution in [0.5, 0.6) is 0 Å². The number of alkyl halides is 3. The molecule has 0 saturated carbocycles. The van der Waals surface area contributed by atoms with Gasteiger partial charge in [0.1, 0.15) is 0 Å². The number of unbranched alkanes of at least 4 members (excludes halogenated alkanes) is 1. The van der Waals surface area contributed by atoms with Gasteiger partial charge in [0, 0.05) is 12.7 Å². The molecule has 8 heteroatoms. The summed E-state index contributed by atoms with van der Waals surface area (Å²) >= 11 is 0. The molecule has 0 unspecified atom stereocenters. The van der Waals surface area contributed by atoms with E-state index < -0.39 is 23.3 Å². The number of fused-ring (bicyclic) bond motifs is 1. The molecule has 0 saturated heterocycles. The third-order valence-electron chi connectivity index (χ3n) is 2.90. The SMILES string of the molecule is CCCCn1ncc2c(C(F)(F)F)c(C(=O)O)cnc21. The largest absolute Gasteiger partial charge is 0.478 e. The summed E-state index contributed by atoms with van der Waals surface area (Å²) in [6, 6.07) is 0. The molecule has 108 valence electrons. The number of pyridine rings is 1. The minimum absolute atomic E-state index is 0.0516. The van der Waals surface area contributed by atoms with Crippen LogP contribution in [0.1, 0.15) is 35.7 Å². The van der Waals surface area contributed by atoms with Crippen molar-refractivity contribution in [1.29, 1.82) is 0 Å². The maximum Gasteiger partial charge on any atom is 0.418 e. The third kappa shape index (κ3) is 2.45. The molecular formula is C12H12F3N3O2. The molecule has 5 nitrogen and oxygen atoms in total. The Labute approximate surface area is 112 Å². The molecule has 0 fully saturated rings. The van der Waals surface area contributed by atoms with Gasteiger partial charge < -0.3 is 5.11 Å². The van der Waals surface area contributed by atoms with Crippen molar-refractivity contribution in [2.24, 2.45) is 0 Å². The summed E-state index contributed by atoms with van der Waals surface area (Å²) < 4.78 is 40.6. The molecule has 0 aromatic carbocycles. The molecule has 0 aliphatic heterocycles. The zero-order valence-electron chi connectivity index (χ0n) is 10.6. The minimum Gasteiger partial charge on any atom is -0.478 e. The summed E-state index contributed by atoms with van der Waals surface area (Å²) in [6.07, 6.45) is -1.40. The van der Waals surface area contributed by atoms with Crippen LogP contribution in [0.25, 0.3) is 11.0 Å². The lowest BCUT2D eigenvalue weighted by Crippen LogP contribution is -2.14. The lowest BCUT2D eigenvalue weighted by Gasteiger charge is -2.11. The van der Waals surface area contributed by atoms with E-state index in [4.69, 9.17) is 5.11 Å². The highest BCUT2D eigenvalue weighted by Gasteiger charge is 2.38. The van der Waals surface area contributed by atoms with Crippen molar-refractivity contribution < 1.29 is 23.1 Å². The smallest absolute Gasteiger partial charge is 0.418 e. The van der Waals surface area contributed by atoms with Crippen LogP contribution >= 0.6 is 0 Å². The fourth-order valence-corrected chi connectivity index (χ4v) is 1.97. The summed E-state index contributed by atoms with van der Waals surface area (Å²) in [5.41, 5.74) is -2.01. The van der Waals surface area contributed by atoms with E-state index in [0.29, 0.717) is 6.54 Å². The minimum atomic E-state index is -4.77. The Balaban J connectivity index is 2.67. The number of nitrogens with zero attached hydrogens (tertiary/aromatic N) is 3. The Morgan fingerprint density at radius 2 is 2.10 bits per heavy atom. The zero-order valence-corrected chi connectivity index (χ0v) is 10.6. The molecule has 0 radical (unpaired) electrons. The fourth-order valence-electron chi connectivity index (χ4n) is 1.97. The lowest BCUT2D eigenvalue weighted by molar-refractivity contribution is -0.136. The average Bonchev–Trinajstić information content (AvgIpc) is 2.76. The van der Waals surface area contributed by atoms with Crippen LogP contribution in [0.4, 0.5) is 13.2 Å². The fraction of sp³-hybridized carbons (Fsp3) is 0.417. The van der Waals surface area contributed by atoms with Crippen LogP contribution in [0, 0.1) is 0 Å². The molecule has 2 aromatic rings. The third-order valence-corrected chi connectivity index (χ3v) is 2.90. The molecule has 2 heterocycles. The van der Waals surface area contributed by atoms with Crippen molar-refractivity contribution in [3.05, 3.63) is 23.5 Å². The lowest BCUT2D eigenvalue weighted by atomic mass is 10.1. The van der Waals surface area contributed by atoms with Gasteiger partial charge in [0.05, 0.1) is 22.7 Å². The summed E-state index contributed by atoms with van der Waals surface area (Å²) in [4.78, 5) is 14.7. The molecule has 0 aliphatic carbocycles. The number of hydrogen-bond acceptors (Lipinski definition) is 3. The molecule has 0 aliphatic rings. The second-order valence-electron chi connectivity index (χ2n) is 4.31. The number of aromatic carboxylic acids is 1. The Hall–Kier alpha value is -2.12. The topological polar surface area (TPSA) is 68.0 Å². The van der Waals surface area contributed by atoms with E-state index in [0.717, 1.165) is 25.2 Å². The first-order valence-electron chi connectivity index (χ1n) is 6.01.